The Morgan fingerprint density at radius 3 is 2.65 bits per heavy atom. The summed E-state index contributed by atoms with van der Waals surface area (Å²) in [7, 11) is 1.66. The Labute approximate surface area is 102 Å². The van der Waals surface area contributed by atoms with Crippen molar-refractivity contribution in [2.45, 2.75) is 32.4 Å². The minimum atomic E-state index is -0.924. The van der Waals surface area contributed by atoms with Gasteiger partial charge in [0.05, 0.1) is 17.2 Å². The zero-order valence-corrected chi connectivity index (χ0v) is 10.7. The number of ether oxygens (including phenoxy) is 1. The highest BCUT2D eigenvalue weighted by Gasteiger charge is 2.25. The number of carboxylic acids is 1. The van der Waals surface area contributed by atoms with Crippen molar-refractivity contribution >= 4 is 11.7 Å². The molecule has 4 heteroatoms. The van der Waals surface area contributed by atoms with Crippen LogP contribution in [0.25, 0.3) is 0 Å². The molecule has 0 saturated heterocycles. The summed E-state index contributed by atoms with van der Waals surface area (Å²) in [5, 5.41) is 12.1. The Balaban J connectivity index is 2.82. The lowest BCUT2D eigenvalue weighted by Crippen LogP contribution is -2.41. The fraction of sp³-hybridized carbons (Fsp3) is 0.462. The average Bonchev–Trinajstić information content (AvgIpc) is 2.29. The summed E-state index contributed by atoms with van der Waals surface area (Å²) in [6, 6.07) is 6.81. The minimum Gasteiger partial charge on any atom is -0.478 e. The molecule has 1 rings (SSSR count). The van der Waals surface area contributed by atoms with Crippen molar-refractivity contribution in [1.82, 2.24) is 0 Å². The first-order valence-electron chi connectivity index (χ1n) is 5.52. The van der Waals surface area contributed by atoms with Crippen LogP contribution in [0.2, 0.25) is 0 Å². The second kappa shape index (κ2) is 5.19. The van der Waals surface area contributed by atoms with E-state index in [1.54, 1.807) is 25.3 Å². The van der Waals surface area contributed by atoms with Gasteiger partial charge >= 0.3 is 5.97 Å². The van der Waals surface area contributed by atoms with Gasteiger partial charge in [0, 0.05) is 12.8 Å². The standard InChI is InChI=1S/C13H19NO3/c1-9(13(2,3)17-4)14-11-7-5-6-10(8-11)12(15)16/h5-9,14H,1-4H3,(H,15,16). The van der Waals surface area contributed by atoms with Crippen LogP contribution in [0.5, 0.6) is 0 Å². The fourth-order valence-corrected chi connectivity index (χ4v) is 1.34. The first-order chi connectivity index (χ1) is 7.86. The molecule has 0 aliphatic rings. The summed E-state index contributed by atoms with van der Waals surface area (Å²) in [6.07, 6.45) is 0. The molecule has 1 unspecified atom stereocenters. The van der Waals surface area contributed by atoms with Gasteiger partial charge in [-0.15, -0.1) is 0 Å². The Kier molecular flexibility index (Phi) is 4.12. The van der Waals surface area contributed by atoms with Crippen molar-refractivity contribution in [2.24, 2.45) is 0 Å². The van der Waals surface area contributed by atoms with Gasteiger partial charge in [-0.05, 0) is 39.0 Å². The van der Waals surface area contributed by atoms with E-state index in [1.807, 2.05) is 26.8 Å². The molecule has 0 amide bonds. The van der Waals surface area contributed by atoms with Gasteiger partial charge in [0.15, 0.2) is 0 Å². The van der Waals surface area contributed by atoms with Crippen LogP contribution in [-0.4, -0.2) is 29.8 Å². The predicted molar refractivity (Wildman–Crippen MR) is 67.6 cm³/mol. The number of anilines is 1. The van der Waals surface area contributed by atoms with E-state index in [0.29, 0.717) is 0 Å². The highest BCUT2D eigenvalue weighted by Crippen LogP contribution is 2.19. The number of aromatic carboxylic acids is 1. The maximum atomic E-state index is 10.8. The molecule has 0 aromatic heterocycles. The summed E-state index contributed by atoms with van der Waals surface area (Å²) in [6.45, 7) is 5.95. The second-order valence-corrected chi connectivity index (χ2v) is 4.56. The van der Waals surface area contributed by atoms with E-state index < -0.39 is 5.97 Å². The van der Waals surface area contributed by atoms with Crippen molar-refractivity contribution < 1.29 is 14.6 Å². The van der Waals surface area contributed by atoms with E-state index in [4.69, 9.17) is 9.84 Å². The molecule has 17 heavy (non-hydrogen) atoms. The summed E-state index contributed by atoms with van der Waals surface area (Å²) >= 11 is 0. The predicted octanol–water partition coefficient (Wildman–Crippen LogP) is 2.61. The normalized spacial score (nSPS) is 13.2. The number of benzene rings is 1. The maximum Gasteiger partial charge on any atom is 0.335 e. The minimum absolute atomic E-state index is 0.0662. The Hall–Kier alpha value is -1.55. The third-order valence-corrected chi connectivity index (χ3v) is 3.06. The number of hydrogen-bond donors (Lipinski definition) is 2. The van der Waals surface area contributed by atoms with Crippen LogP contribution in [0.15, 0.2) is 24.3 Å². The summed E-state index contributed by atoms with van der Waals surface area (Å²) < 4.78 is 5.37. The Morgan fingerprint density at radius 1 is 1.47 bits per heavy atom. The second-order valence-electron chi connectivity index (χ2n) is 4.56. The number of carbonyl (C=O) groups is 1. The number of carboxylic acid groups (broad SMARTS) is 1. The van der Waals surface area contributed by atoms with Gasteiger partial charge in [-0.3, -0.25) is 0 Å². The van der Waals surface area contributed by atoms with Gasteiger partial charge < -0.3 is 15.2 Å². The molecule has 0 bridgehead atoms. The SMILES string of the molecule is COC(C)(C)C(C)Nc1cccc(C(=O)O)c1. The zero-order chi connectivity index (χ0) is 13.1. The fourth-order valence-electron chi connectivity index (χ4n) is 1.34. The molecule has 0 fully saturated rings. The van der Waals surface area contributed by atoms with Crippen LogP contribution >= 0.6 is 0 Å². The van der Waals surface area contributed by atoms with Crippen LogP contribution in [-0.2, 0) is 4.74 Å². The van der Waals surface area contributed by atoms with Crippen LogP contribution in [0.4, 0.5) is 5.69 Å². The average molecular weight is 237 g/mol. The van der Waals surface area contributed by atoms with Gasteiger partial charge in [-0.25, -0.2) is 4.79 Å². The summed E-state index contributed by atoms with van der Waals surface area (Å²) in [5.41, 5.74) is 0.735. The van der Waals surface area contributed by atoms with E-state index in [1.165, 1.54) is 0 Å². The van der Waals surface area contributed by atoms with E-state index in [2.05, 4.69) is 5.32 Å². The zero-order valence-electron chi connectivity index (χ0n) is 10.7. The monoisotopic (exact) mass is 237 g/mol. The van der Waals surface area contributed by atoms with Crippen molar-refractivity contribution in [3.63, 3.8) is 0 Å². The third kappa shape index (κ3) is 3.46. The maximum absolute atomic E-state index is 10.8. The molecule has 0 aliphatic heterocycles. The van der Waals surface area contributed by atoms with Crippen molar-refractivity contribution in [2.75, 3.05) is 12.4 Å². The Bertz CT molecular complexity index is 401. The van der Waals surface area contributed by atoms with E-state index in [9.17, 15) is 4.79 Å². The molecule has 4 nitrogen and oxygen atoms in total. The molecular formula is C13H19NO3. The molecule has 0 heterocycles. The van der Waals surface area contributed by atoms with Gasteiger partial charge in [0.2, 0.25) is 0 Å². The van der Waals surface area contributed by atoms with Crippen LogP contribution in [0.1, 0.15) is 31.1 Å². The molecule has 0 aliphatic carbocycles. The van der Waals surface area contributed by atoms with E-state index >= 15 is 0 Å². The summed E-state index contributed by atoms with van der Waals surface area (Å²) in [5.74, 6) is -0.924. The molecule has 2 N–H and O–H groups in total. The lowest BCUT2D eigenvalue weighted by atomic mass is 10.00. The molecule has 0 saturated carbocycles. The van der Waals surface area contributed by atoms with Gasteiger partial charge in [-0.2, -0.15) is 0 Å². The molecule has 1 aromatic carbocycles. The summed E-state index contributed by atoms with van der Waals surface area (Å²) in [4.78, 5) is 10.8. The van der Waals surface area contributed by atoms with Gasteiger partial charge in [0.1, 0.15) is 0 Å². The largest absolute Gasteiger partial charge is 0.478 e. The highest BCUT2D eigenvalue weighted by molar-refractivity contribution is 5.88. The van der Waals surface area contributed by atoms with Crippen LogP contribution in [0.3, 0.4) is 0 Å². The molecule has 94 valence electrons. The Morgan fingerprint density at radius 2 is 2.12 bits per heavy atom. The molecule has 1 aromatic rings. The quantitative estimate of drug-likeness (QED) is 0.826. The van der Waals surface area contributed by atoms with Crippen LogP contribution in [0, 0.1) is 0 Å². The smallest absolute Gasteiger partial charge is 0.335 e. The number of rotatable bonds is 5. The van der Waals surface area contributed by atoms with E-state index in [0.717, 1.165) is 5.69 Å². The lowest BCUT2D eigenvalue weighted by molar-refractivity contribution is 0.0107. The van der Waals surface area contributed by atoms with Gasteiger partial charge in [-0.1, -0.05) is 6.07 Å². The number of methoxy groups -OCH3 is 1. The number of hydrogen-bond acceptors (Lipinski definition) is 3. The molecular weight excluding hydrogens is 218 g/mol. The third-order valence-electron chi connectivity index (χ3n) is 3.06. The first-order valence-corrected chi connectivity index (χ1v) is 5.52. The van der Waals surface area contributed by atoms with Crippen molar-refractivity contribution in [1.29, 1.82) is 0 Å². The van der Waals surface area contributed by atoms with Crippen LogP contribution < -0.4 is 5.32 Å². The lowest BCUT2D eigenvalue weighted by Gasteiger charge is -2.31. The highest BCUT2D eigenvalue weighted by atomic mass is 16.5. The number of nitrogens with one attached hydrogen (secondary N) is 1. The van der Waals surface area contributed by atoms with Gasteiger partial charge in [0.25, 0.3) is 0 Å². The van der Waals surface area contributed by atoms with Crippen molar-refractivity contribution in [3.05, 3.63) is 29.8 Å². The molecule has 0 spiro atoms. The molecule has 1 atom stereocenters. The van der Waals surface area contributed by atoms with Crippen molar-refractivity contribution in [3.8, 4) is 0 Å². The molecule has 0 radical (unpaired) electrons. The first kappa shape index (κ1) is 13.5. The topological polar surface area (TPSA) is 58.6 Å². The van der Waals surface area contributed by atoms with E-state index in [-0.39, 0.29) is 17.2 Å².